The lowest BCUT2D eigenvalue weighted by molar-refractivity contribution is 0.331. The third-order valence-electron chi connectivity index (χ3n) is 4.30. The lowest BCUT2D eigenvalue weighted by Crippen LogP contribution is -2.34. The van der Waals surface area contributed by atoms with Gasteiger partial charge in [0.25, 0.3) is 0 Å². The lowest BCUT2D eigenvalue weighted by atomic mass is 9.63. The van der Waals surface area contributed by atoms with Crippen molar-refractivity contribution in [2.45, 2.75) is 57.9 Å². The molecule has 1 aromatic carbocycles. The predicted molar refractivity (Wildman–Crippen MR) is 74.5 cm³/mol. The van der Waals surface area contributed by atoms with Gasteiger partial charge in [0, 0.05) is 6.54 Å². The van der Waals surface area contributed by atoms with E-state index in [0.717, 1.165) is 6.54 Å². The third kappa shape index (κ3) is 2.26. The molecule has 0 unspecified atom stereocenters. The summed E-state index contributed by atoms with van der Waals surface area (Å²) in [5.41, 5.74) is 5.17. The van der Waals surface area contributed by atoms with Gasteiger partial charge in [-0.25, -0.2) is 0 Å². The van der Waals surface area contributed by atoms with Crippen LogP contribution in [-0.2, 0) is 17.4 Å². The van der Waals surface area contributed by atoms with Crippen LogP contribution in [0.3, 0.4) is 0 Å². The van der Waals surface area contributed by atoms with Crippen molar-refractivity contribution < 1.29 is 0 Å². The topological polar surface area (TPSA) is 12.0 Å². The average molecular weight is 231 g/mol. The molecular formula is C16H25N. The van der Waals surface area contributed by atoms with Gasteiger partial charge in [0.1, 0.15) is 0 Å². The minimum absolute atomic E-state index is 0.328. The van der Waals surface area contributed by atoms with E-state index in [4.69, 9.17) is 0 Å². The van der Waals surface area contributed by atoms with Crippen LogP contribution in [0.2, 0.25) is 0 Å². The molecule has 0 amide bonds. The molecule has 0 fully saturated rings. The molecule has 0 spiro atoms. The minimum atomic E-state index is 0.328. The van der Waals surface area contributed by atoms with Gasteiger partial charge in [-0.2, -0.15) is 0 Å². The van der Waals surface area contributed by atoms with Crippen LogP contribution >= 0.6 is 0 Å². The Balaban J connectivity index is 2.52. The molecule has 1 aliphatic carbocycles. The van der Waals surface area contributed by atoms with Crippen molar-refractivity contribution in [1.82, 2.24) is 5.32 Å². The summed E-state index contributed by atoms with van der Waals surface area (Å²) in [5, 5.41) is 3.24. The summed E-state index contributed by atoms with van der Waals surface area (Å²) >= 11 is 0. The maximum Gasteiger partial charge on any atom is 0.0202 e. The van der Waals surface area contributed by atoms with Crippen molar-refractivity contribution in [3.8, 4) is 0 Å². The summed E-state index contributed by atoms with van der Waals surface area (Å²) in [7, 11) is 2.01. The molecule has 1 aliphatic rings. The van der Waals surface area contributed by atoms with E-state index >= 15 is 0 Å². The first-order valence-corrected chi connectivity index (χ1v) is 6.65. The molecule has 1 N–H and O–H groups in total. The normalized spacial score (nSPS) is 21.0. The first-order chi connectivity index (χ1) is 7.87. The largest absolute Gasteiger partial charge is 0.316 e. The molecule has 1 nitrogen and oxygen atoms in total. The molecule has 2 rings (SSSR count). The van der Waals surface area contributed by atoms with Crippen molar-refractivity contribution in [1.29, 1.82) is 0 Å². The van der Waals surface area contributed by atoms with Crippen LogP contribution in [0.5, 0.6) is 0 Å². The van der Waals surface area contributed by atoms with E-state index in [9.17, 15) is 0 Å². The highest BCUT2D eigenvalue weighted by Crippen LogP contribution is 2.45. The van der Waals surface area contributed by atoms with E-state index in [2.05, 4.69) is 51.2 Å². The molecule has 0 saturated carbocycles. The quantitative estimate of drug-likeness (QED) is 0.817. The van der Waals surface area contributed by atoms with Crippen molar-refractivity contribution in [2.24, 2.45) is 0 Å². The Bertz CT molecular complexity index is 416. The van der Waals surface area contributed by atoms with Crippen LogP contribution in [0.1, 0.15) is 57.2 Å². The molecule has 0 atom stereocenters. The second-order valence-electron chi connectivity index (χ2n) is 6.68. The smallest absolute Gasteiger partial charge is 0.0202 e. The van der Waals surface area contributed by atoms with E-state index < -0.39 is 0 Å². The fourth-order valence-corrected chi connectivity index (χ4v) is 2.95. The Kier molecular flexibility index (Phi) is 3.07. The Morgan fingerprint density at radius 3 is 2.18 bits per heavy atom. The molecule has 0 aromatic heterocycles. The van der Waals surface area contributed by atoms with Crippen molar-refractivity contribution in [3.63, 3.8) is 0 Å². The van der Waals surface area contributed by atoms with E-state index in [0.29, 0.717) is 10.8 Å². The number of fused-ring (bicyclic) bond motifs is 1. The molecule has 0 heterocycles. The van der Waals surface area contributed by atoms with Gasteiger partial charge in [-0.05, 0) is 47.4 Å². The van der Waals surface area contributed by atoms with Gasteiger partial charge < -0.3 is 5.32 Å². The van der Waals surface area contributed by atoms with Gasteiger partial charge in [0.15, 0.2) is 0 Å². The molecule has 0 bridgehead atoms. The van der Waals surface area contributed by atoms with Crippen molar-refractivity contribution in [2.75, 3.05) is 7.05 Å². The molecule has 1 heteroatoms. The molecule has 0 aliphatic heterocycles. The second-order valence-corrected chi connectivity index (χ2v) is 6.68. The van der Waals surface area contributed by atoms with Crippen LogP contribution in [0.4, 0.5) is 0 Å². The second kappa shape index (κ2) is 4.13. The van der Waals surface area contributed by atoms with Gasteiger partial charge in [0.05, 0.1) is 0 Å². The van der Waals surface area contributed by atoms with E-state index in [1.165, 1.54) is 18.4 Å². The monoisotopic (exact) mass is 231 g/mol. The Labute approximate surface area is 106 Å². The third-order valence-corrected chi connectivity index (χ3v) is 4.30. The SMILES string of the molecule is CNCc1ccc2c(c1)C(C)(C)CCC2(C)C. The van der Waals surface area contributed by atoms with Gasteiger partial charge >= 0.3 is 0 Å². The van der Waals surface area contributed by atoms with Crippen LogP contribution in [-0.4, -0.2) is 7.05 Å². The van der Waals surface area contributed by atoms with Crippen LogP contribution < -0.4 is 5.32 Å². The predicted octanol–water partition coefficient (Wildman–Crippen LogP) is 3.76. The Hall–Kier alpha value is -0.820. The maximum atomic E-state index is 3.24. The average Bonchev–Trinajstić information content (AvgIpc) is 2.26. The number of hydrogen-bond donors (Lipinski definition) is 1. The van der Waals surface area contributed by atoms with Gasteiger partial charge in [0.2, 0.25) is 0 Å². The molecule has 1 aromatic rings. The zero-order chi connectivity index (χ0) is 12.7. The Morgan fingerprint density at radius 2 is 1.59 bits per heavy atom. The van der Waals surface area contributed by atoms with E-state index in [1.54, 1.807) is 11.1 Å². The number of benzene rings is 1. The zero-order valence-corrected chi connectivity index (χ0v) is 11.9. The van der Waals surface area contributed by atoms with Crippen LogP contribution in [0.25, 0.3) is 0 Å². The number of rotatable bonds is 2. The standard InChI is InChI=1S/C16H25N/c1-15(2)8-9-16(3,4)14-10-12(11-17-5)6-7-13(14)15/h6-7,10,17H,8-9,11H2,1-5H3. The molecule has 94 valence electrons. The van der Waals surface area contributed by atoms with Crippen molar-refractivity contribution in [3.05, 3.63) is 34.9 Å². The van der Waals surface area contributed by atoms with Gasteiger partial charge in [-0.3, -0.25) is 0 Å². The first-order valence-electron chi connectivity index (χ1n) is 6.65. The van der Waals surface area contributed by atoms with Crippen molar-refractivity contribution >= 4 is 0 Å². The van der Waals surface area contributed by atoms with Gasteiger partial charge in [-0.1, -0.05) is 45.9 Å². The highest BCUT2D eigenvalue weighted by molar-refractivity contribution is 5.43. The summed E-state index contributed by atoms with van der Waals surface area (Å²) in [6, 6.07) is 7.04. The fraction of sp³-hybridized carbons (Fsp3) is 0.625. The summed E-state index contributed by atoms with van der Waals surface area (Å²) in [5.74, 6) is 0. The molecule has 17 heavy (non-hydrogen) atoms. The molecule has 0 saturated heterocycles. The maximum absolute atomic E-state index is 3.24. The van der Waals surface area contributed by atoms with E-state index in [-0.39, 0.29) is 0 Å². The molecular weight excluding hydrogens is 206 g/mol. The zero-order valence-electron chi connectivity index (χ0n) is 11.9. The van der Waals surface area contributed by atoms with Crippen LogP contribution in [0, 0.1) is 0 Å². The summed E-state index contributed by atoms with van der Waals surface area (Å²) in [6.07, 6.45) is 2.58. The summed E-state index contributed by atoms with van der Waals surface area (Å²) in [6.45, 7) is 10.5. The van der Waals surface area contributed by atoms with Crippen LogP contribution in [0.15, 0.2) is 18.2 Å². The fourth-order valence-electron chi connectivity index (χ4n) is 2.95. The highest BCUT2D eigenvalue weighted by Gasteiger charge is 2.36. The number of nitrogens with one attached hydrogen (secondary N) is 1. The Morgan fingerprint density at radius 1 is 1.00 bits per heavy atom. The first kappa shape index (κ1) is 12.6. The summed E-state index contributed by atoms with van der Waals surface area (Å²) in [4.78, 5) is 0. The minimum Gasteiger partial charge on any atom is -0.316 e. The van der Waals surface area contributed by atoms with E-state index in [1.807, 2.05) is 7.05 Å². The summed E-state index contributed by atoms with van der Waals surface area (Å²) < 4.78 is 0. The highest BCUT2D eigenvalue weighted by atomic mass is 14.8. The van der Waals surface area contributed by atoms with Gasteiger partial charge in [-0.15, -0.1) is 0 Å². The number of hydrogen-bond acceptors (Lipinski definition) is 1. The molecule has 0 radical (unpaired) electrons. The lowest BCUT2D eigenvalue weighted by Gasteiger charge is -2.42.